The summed E-state index contributed by atoms with van der Waals surface area (Å²) >= 11 is 13.6. The predicted molar refractivity (Wildman–Crippen MR) is 158 cm³/mol. The van der Waals surface area contributed by atoms with Crippen molar-refractivity contribution in [3.8, 4) is 0 Å². The minimum atomic E-state index is -4.61. The highest BCUT2D eigenvalue weighted by Gasteiger charge is 2.36. The number of carbonyl (C=O) groups excluding carboxylic acids is 1. The Morgan fingerprint density at radius 2 is 1.88 bits per heavy atom. The Morgan fingerprint density at radius 3 is 2.60 bits per heavy atom. The maximum Gasteiger partial charge on any atom is 0.416 e. The van der Waals surface area contributed by atoms with E-state index in [1.165, 1.54) is 16.8 Å². The summed E-state index contributed by atoms with van der Waals surface area (Å²) in [5.74, 6) is -0.557. The van der Waals surface area contributed by atoms with Gasteiger partial charge < -0.3 is 16.4 Å². The average Bonchev–Trinajstić information content (AvgIpc) is 2.93. The maximum atomic E-state index is 13.6. The van der Waals surface area contributed by atoms with Crippen molar-refractivity contribution < 1.29 is 18.0 Å². The third kappa shape index (κ3) is 5.70. The number of carbonyl (C=O) groups is 1. The molecule has 42 heavy (non-hydrogen) atoms. The summed E-state index contributed by atoms with van der Waals surface area (Å²) in [5, 5.41) is 6.11. The number of anilines is 3. The molecular formula is C29H23Cl2F3N6O2. The molecule has 216 valence electrons. The Bertz CT molecular complexity index is 1860. The second-order valence-electron chi connectivity index (χ2n) is 9.89. The lowest BCUT2D eigenvalue weighted by molar-refractivity contribution is -0.137. The molecule has 0 spiro atoms. The van der Waals surface area contributed by atoms with Gasteiger partial charge in [0.1, 0.15) is 5.65 Å². The Hall–Kier alpha value is -4.35. The predicted octanol–water partition coefficient (Wildman–Crippen LogP) is 6.34. The largest absolute Gasteiger partial charge is 0.416 e. The van der Waals surface area contributed by atoms with Crippen LogP contribution in [0.15, 0.2) is 82.4 Å². The molecule has 0 saturated heterocycles. The van der Waals surface area contributed by atoms with Gasteiger partial charge in [-0.25, -0.2) is 4.98 Å². The number of pyridine rings is 1. The van der Waals surface area contributed by atoms with Crippen molar-refractivity contribution in [1.82, 2.24) is 19.9 Å². The third-order valence-corrected chi connectivity index (χ3v) is 7.46. The number of fused-ring (bicyclic) bond motifs is 1. The van der Waals surface area contributed by atoms with Crippen LogP contribution in [-0.4, -0.2) is 25.3 Å². The fourth-order valence-corrected chi connectivity index (χ4v) is 5.37. The van der Waals surface area contributed by atoms with Gasteiger partial charge in [0.15, 0.2) is 0 Å². The highest BCUT2D eigenvalue weighted by atomic mass is 35.5. The number of benzene rings is 2. The van der Waals surface area contributed by atoms with Crippen molar-refractivity contribution in [2.45, 2.75) is 24.4 Å². The zero-order valence-electron chi connectivity index (χ0n) is 22.2. The van der Waals surface area contributed by atoms with E-state index in [1.54, 1.807) is 50.4 Å². The number of nitrogens with one attached hydrogen (secondary N) is 2. The van der Waals surface area contributed by atoms with E-state index >= 15 is 0 Å². The molecule has 4 aromatic rings. The van der Waals surface area contributed by atoms with Gasteiger partial charge in [-0.2, -0.15) is 18.2 Å². The first kappa shape index (κ1) is 29.2. The van der Waals surface area contributed by atoms with Crippen molar-refractivity contribution >= 4 is 63.0 Å². The van der Waals surface area contributed by atoms with Gasteiger partial charge in [-0.1, -0.05) is 29.8 Å². The van der Waals surface area contributed by atoms with E-state index in [4.69, 9.17) is 28.9 Å². The van der Waals surface area contributed by atoms with E-state index in [1.807, 2.05) is 0 Å². The molecular weight excluding hydrogens is 592 g/mol. The zero-order valence-corrected chi connectivity index (χ0v) is 23.7. The zero-order chi connectivity index (χ0) is 30.4. The molecule has 5 rings (SSSR count). The van der Waals surface area contributed by atoms with E-state index in [9.17, 15) is 22.8 Å². The Morgan fingerprint density at radius 1 is 1.14 bits per heavy atom. The van der Waals surface area contributed by atoms with E-state index in [0.29, 0.717) is 22.4 Å². The number of allylic oxidation sites excluding steroid dienone is 3. The summed E-state index contributed by atoms with van der Waals surface area (Å²) in [5.41, 5.74) is 6.29. The van der Waals surface area contributed by atoms with E-state index in [0.717, 1.165) is 18.2 Å². The van der Waals surface area contributed by atoms with Crippen molar-refractivity contribution in [2.75, 3.05) is 11.1 Å². The Labute approximate surface area is 247 Å². The lowest BCUT2D eigenvalue weighted by atomic mass is 9.86. The molecule has 0 fully saturated rings. The minimum Gasteiger partial charge on any atom is -0.399 e. The summed E-state index contributed by atoms with van der Waals surface area (Å²) < 4.78 is 40.8. The number of aromatic nitrogens is 3. The van der Waals surface area contributed by atoms with E-state index < -0.39 is 28.1 Å². The summed E-state index contributed by atoms with van der Waals surface area (Å²) in [7, 11) is 1.54. The normalized spacial score (nSPS) is 17.3. The fraction of sp³-hybridized carbons (Fsp3) is 0.172. The summed E-state index contributed by atoms with van der Waals surface area (Å²) in [6, 6.07) is 12.6. The molecule has 4 N–H and O–H groups in total. The Balaban J connectivity index is 1.51. The van der Waals surface area contributed by atoms with Crippen LogP contribution in [0.25, 0.3) is 16.6 Å². The van der Waals surface area contributed by atoms with Gasteiger partial charge in [0.05, 0.1) is 21.2 Å². The molecule has 2 aromatic heterocycles. The first-order valence-corrected chi connectivity index (χ1v) is 13.3. The topological polar surface area (TPSA) is 115 Å². The highest BCUT2D eigenvalue weighted by Crippen LogP contribution is 2.44. The molecule has 1 aliphatic carbocycles. The quantitative estimate of drug-likeness (QED) is 0.178. The summed E-state index contributed by atoms with van der Waals surface area (Å²) in [6.07, 6.45) is -1.35. The van der Waals surface area contributed by atoms with Crippen molar-refractivity contribution in [2.24, 2.45) is 7.05 Å². The number of nitrogen functional groups attached to an aromatic ring is 1. The smallest absolute Gasteiger partial charge is 0.399 e. The molecule has 2 aromatic carbocycles. The van der Waals surface area contributed by atoms with Gasteiger partial charge in [0.2, 0.25) is 5.95 Å². The number of nitrogens with zero attached hydrogens (tertiary/aromatic N) is 3. The Kier molecular flexibility index (Phi) is 7.50. The van der Waals surface area contributed by atoms with Crippen LogP contribution in [0.3, 0.4) is 0 Å². The van der Waals surface area contributed by atoms with Crippen LogP contribution in [0.4, 0.5) is 30.5 Å². The number of halogens is 5. The van der Waals surface area contributed by atoms with Crippen molar-refractivity contribution in [1.29, 1.82) is 0 Å². The van der Waals surface area contributed by atoms with Crippen molar-refractivity contribution in [3.63, 3.8) is 0 Å². The van der Waals surface area contributed by atoms with Gasteiger partial charge in [0, 0.05) is 46.7 Å². The molecule has 0 saturated carbocycles. The molecule has 0 aliphatic heterocycles. The monoisotopic (exact) mass is 614 g/mol. The lowest BCUT2D eigenvalue weighted by Crippen LogP contribution is -2.33. The van der Waals surface area contributed by atoms with Crippen LogP contribution in [-0.2, 0) is 13.2 Å². The standard InChI is InChI=1S/C29H23Cl2F3N6O2/c1-28(31)10-9-21(38-25(41)15-5-3-6-17(11-15)29(32,33)34)23(30)22(28)20-12-16-14-36-27(39-24(16)40(2)26(20)42)37-19-8-4-7-18(35)13-19/h3-9,11-14H,10,35H2,1-2H3,(H,38,41)(H,36,37,39). The van der Waals surface area contributed by atoms with Gasteiger partial charge in [0.25, 0.3) is 11.5 Å². The number of amides is 1. The van der Waals surface area contributed by atoms with Crippen LogP contribution in [0.2, 0.25) is 0 Å². The molecule has 13 heteroatoms. The second kappa shape index (κ2) is 10.8. The summed E-state index contributed by atoms with van der Waals surface area (Å²) in [6.45, 7) is 1.67. The molecule has 1 amide bonds. The molecule has 2 heterocycles. The van der Waals surface area contributed by atoms with Crippen LogP contribution in [0.5, 0.6) is 0 Å². The van der Waals surface area contributed by atoms with Gasteiger partial charge in [-0.15, -0.1) is 11.6 Å². The molecule has 1 atom stereocenters. The number of hydrogen-bond acceptors (Lipinski definition) is 6. The maximum absolute atomic E-state index is 13.6. The number of rotatable bonds is 5. The second-order valence-corrected chi connectivity index (χ2v) is 11.1. The summed E-state index contributed by atoms with van der Waals surface area (Å²) in [4.78, 5) is 34.2. The van der Waals surface area contributed by atoms with E-state index in [2.05, 4.69) is 20.6 Å². The van der Waals surface area contributed by atoms with Crippen LogP contribution in [0.1, 0.15) is 34.8 Å². The number of nitrogens with two attached hydrogens (primary N) is 1. The molecule has 0 radical (unpaired) electrons. The molecule has 1 aliphatic rings. The van der Waals surface area contributed by atoms with Gasteiger partial charge in [-0.3, -0.25) is 14.2 Å². The third-order valence-electron chi connectivity index (χ3n) is 6.73. The number of aryl methyl sites for hydroxylation is 1. The average molecular weight is 615 g/mol. The van der Waals surface area contributed by atoms with Crippen LogP contribution < -0.4 is 21.9 Å². The SMILES string of the molecule is Cn1c(=O)c(C2=C(Cl)C(NC(=O)c3cccc(C(F)(F)F)c3)=CCC2(C)Cl)cc2cnc(Nc3cccc(N)c3)nc21. The first-order valence-electron chi connectivity index (χ1n) is 12.5. The minimum absolute atomic E-state index is 0.0172. The number of hydrogen-bond donors (Lipinski definition) is 3. The van der Waals surface area contributed by atoms with Crippen LogP contribution >= 0.6 is 23.2 Å². The highest BCUT2D eigenvalue weighted by molar-refractivity contribution is 6.40. The number of alkyl halides is 4. The first-order chi connectivity index (χ1) is 19.7. The van der Waals surface area contributed by atoms with Crippen molar-refractivity contribution in [3.05, 3.63) is 105 Å². The molecule has 8 nitrogen and oxygen atoms in total. The molecule has 1 unspecified atom stereocenters. The van der Waals surface area contributed by atoms with Crippen LogP contribution in [0, 0.1) is 0 Å². The molecule has 0 bridgehead atoms. The van der Waals surface area contributed by atoms with E-state index in [-0.39, 0.29) is 39.8 Å². The fourth-order valence-electron chi connectivity index (χ4n) is 4.62. The van der Waals surface area contributed by atoms with Gasteiger partial charge >= 0.3 is 6.18 Å². The van der Waals surface area contributed by atoms with Gasteiger partial charge in [-0.05, 0) is 55.8 Å². The lowest BCUT2D eigenvalue weighted by Gasteiger charge is -2.31.